The monoisotopic (exact) mass is 739 g/mol. The van der Waals surface area contributed by atoms with Crippen molar-refractivity contribution in [3.63, 3.8) is 0 Å². The van der Waals surface area contributed by atoms with Crippen LogP contribution in [-0.4, -0.2) is 94.5 Å². The number of rotatable bonds is 19. The maximum Gasteiger partial charge on any atom is 0.242 e. The molecule has 0 aliphatic carbocycles. The van der Waals surface area contributed by atoms with E-state index in [9.17, 15) is 24.3 Å². The average molecular weight is 740 g/mol. The average Bonchev–Trinajstić information content (AvgIpc) is 3.55. The van der Waals surface area contributed by atoms with Gasteiger partial charge >= 0.3 is 0 Å². The number of hydrogen-bond donors (Lipinski definition) is 6. The number of nitrogen functional groups attached to an aromatic ring is 1. The van der Waals surface area contributed by atoms with Crippen molar-refractivity contribution < 1.29 is 24.3 Å². The van der Waals surface area contributed by atoms with E-state index in [0.29, 0.717) is 56.2 Å². The number of unbranched alkanes of at least 4 members (excludes halogenated alkanes) is 4. The Balaban J connectivity index is 1.07. The summed E-state index contributed by atoms with van der Waals surface area (Å²) in [4.78, 5) is 63.2. The van der Waals surface area contributed by atoms with E-state index in [1.165, 1.54) is 11.8 Å². The molecule has 2 saturated heterocycles. The van der Waals surface area contributed by atoms with Crippen LogP contribution in [0.5, 0.6) is 0 Å². The summed E-state index contributed by atoms with van der Waals surface area (Å²) in [5.41, 5.74) is 14.2. The molecule has 3 heterocycles. The lowest BCUT2D eigenvalue weighted by Gasteiger charge is -2.37. The molecule has 0 radical (unpaired) electrons. The minimum Gasteiger partial charge on any atom is -0.391 e. The van der Waals surface area contributed by atoms with E-state index in [4.69, 9.17) is 11.5 Å². The zero-order chi connectivity index (χ0) is 37.5. The topological polar surface area (TPSA) is 209 Å². The molecule has 2 aliphatic heterocycles. The molecule has 2 aliphatic rings. The number of piperidine rings is 1. The van der Waals surface area contributed by atoms with Crippen LogP contribution in [0.1, 0.15) is 96.5 Å². The number of aliphatic hydroxyl groups is 1. The fraction of sp³-hybridized carbons (Fsp3) is 0.622. The largest absolute Gasteiger partial charge is 0.391 e. The summed E-state index contributed by atoms with van der Waals surface area (Å²) in [5.74, 6) is 0.601. The first kappa shape index (κ1) is 40.8. The highest BCUT2D eigenvalue weighted by Crippen LogP contribution is 2.36. The first-order valence-corrected chi connectivity index (χ1v) is 19.5. The number of benzene rings is 1. The minimum absolute atomic E-state index is 0.0264. The van der Waals surface area contributed by atoms with Crippen LogP contribution in [0.2, 0.25) is 0 Å². The van der Waals surface area contributed by atoms with Gasteiger partial charge in [0.25, 0.3) is 0 Å². The number of likely N-dealkylation sites (tertiary alicyclic amines) is 1. The highest BCUT2D eigenvalue weighted by atomic mass is 32.2. The van der Waals surface area contributed by atoms with Crippen LogP contribution in [0.15, 0.2) is 34.3 Å². The first-order chi connectivity index (χ1) is 24.9. The Bertz CT molecular complexity index is 1510. The third kappa shape index (κ3) is 13.2. The van der Waals surface area contributed by atoms with Gasteiger partial charge in [0.1, 0.15) is 10.8 Å². The number of nitrogens with zero attached hydrogens (tertiary/aromatic N) is 4. The molecule has 14 nitrogen and oxygen atoms in total. The molecule has 2 aromatic rings. The number of carbonyl (C=O) groups excluding carboxylic acids is 4. The van der Waals surface area contributed by atoms with Crippen LogP contribution in [0.3, 0.4) is 0 Å². The highest BCUT2D eigenvalue weighted by Gasteiger charge is 2.27. The lowest BCUT2D eigenvalue weighted by Crippen LogP contribution is -2.48. The fourth-order valence-electron chi connectivity index (χ4n) is 6.33. The molecule has 1 aromatic carbocycles. The van der Waals surface area contributed by atoms with Gasteiger partial charge in [-0.1, -0.05) is 44.0 Å². The molecular weight excluding hydrogens is 683 g/mol. The highest BCUT2D eigenvalue weighted by molar-refractivity contribution is 7.99. The van der Waals surface area contributed by atoms with E-state index >= 15 is 0 Å². The van der Waals surface area contributed by atoms with Gasteiger partial charge in [-0.05, 0) is 69.6 Å². The Morgan fingerprint density at radius 1 is 0.962 bits per heavy atom. The molecule has 2 fully saturated rings. The molecule has 4 amide bonds. The molecule has 4 rings (SSSR count). The number of anilines is 3. The van der Waals surface area contributed by atoms with Gasteiger partial charge in [0.2, 0.25) is 23.6 Å². The molecule has 1 aromatic heterocycles. The zero-order valence-corrected chi connectivity index (χ0v) is 31.6. The quantitative estimate of drug-likeness (QED) is 0.115. The number of β-amino-alcohol motifs (C(OH)–C–C–N with tert-alkyl or cyclic N) is 1. The van der Waals surface area contributed by atoms with Gasteiger partial charge in [-0.25, -0.2) is 9.97 Å². The van der Waals surface area contributed by atoms with Crippen LogP contribution < -0.4 is 32.3 Å². The summed E-state index contributed by atoms with van der Waals surface area (Å²) >= 11 is 1.43. The van der Waals surface area contributed by atoms with Gasteiger partial charge in [-0.15, -0.1) is 0 Å². The third-order valence-electron chi connectivity index (χ3n) is 9.61. The number of aromatic nitrogens is 2. The number of hydrogen-bond acceptors (Lipinski definition) is 11. The smallest absolute Gasteiger partial charge is 0.242 e. The molecule has 8 N–H and O–H groups in total. The van der Waals surface area contributed by atoms with Crippen molar-refractivity contribution in [1.82, 2.24) is 25.5 Å². The van der Waals surface area contributed by atoms with Crippen LogP contribution >= 0.6 is 11.8 Å². The lowest BCUT2D eigenvalue weighted by atomic mass is 9.91. The van der Waals surface area contributed by atoms with Crippen molar-refractivity contribution in [1.29, 1.82) is 0 Å². The van der Waals surface area contributed by atoms with E-state index < -0.39 is 6.10 Å². The van der Waals surface area contributed by atoms with E-state index in [1.807, 2.05) is 25.1 Å². The lowest BCUT2D eigenvalue weighted by molar-refractivity contribution is -0.132. The fourth-order valence-corrected chi connectivity index (χ4v) is 7.32. The molecule has 0 spiro atoms. The Morgan fingerprint density at radius 3 is 2.37 bits per heavy atom. The predicted molar refractivity (Wildman–Crippen MR) is 204 cm³/mol. The molecule has 286 valence electrons. The Kier molecular flexibility index (Phi) is 16.0. The van der Waals surface area contributed by atoms with Crippen molar-refractivity contribution in [3.8, 4) is 0 Å². The number of amides is 4. The molecule has 0 saturated carbocycles. The van der Waals surface area contributed by atoms with Gasteiger partial charge < -0.3 is 42.3 Å². The second kappa shape index (κ2) is 20.3. The van der Waals surface area contributed by atoms with Crippen molar-refractivity contribution in [2.24, 2.45) is 5.73 Å². The summed E-state index contributed by atoms with van der Waals surface area (Å²) in [5, 5.41) is 18.8. The van der Waals surface area contributed by atoms with Crippen molar-refractivity contribution in [2.75, 3.05) is 55.2 Å². The second-order valence-electron chi connectivity index (χ2n) is 14.1. The second-order valence-corrected chi connectivity index (χ2v) is 15.2. The maximum atomic E-state index is 12.8. The molecule has 1 atom stereocenters. The van der Waals surface area contributed by atoms with Crippen molar-refractivity contribution in [3.05, 3.63) is 30.0 Å². The number of nitrogens with two attached hydrogens (primary N) is 2. The minimum atomic E-state index is -0.468. The Labute approximate surface area is 311 Å². The van der Waals surface area contributed by atoms with E-state index in [0.717, 1.165) is 80.0 Å². The molecule has 15 heteroatoms. The number of nitrogens with one attached hydrogen (secondary N) is 3. The summed E-state index contributed by atoms with van der Waals surface area (Å²) < 4.78 is 0. The summed E-state index contributed by atoms with van der Waals surface area (Å²) in [6.45, 7) is 7.15. The van der Waals surface area contributed by atoms with Gasteiger partial charge in [-0.3, -0.25) is 19.2 Å². The van der Waals surface area contributed by atoms with Gasteiger partial charge in [0.05, 0.1) is 18.8 Å². The number of aliphatic hydroxyl groups excluding tert-OH is 1. The molecule has 0 unspecified atom stereocenters. The zero-order valence-electron chi connectivity index (χ0n) is 30.8. The number of carbonyl (C=O) groups is 4. The van der Waals surface area contributed by atoms with Crippen LogP contribution in [-0.2, 0) is 25.6 Å². The first-order valence-electron chi connectivity index (χ1n) is 18.7. The molecule has 0 bridgehead atoms. The van der Waals surface area contributed by atoms with Crippen molar-refractivity contribution in [2.45, 2.75) is 119 Å². The van der Waals surface area contributed by atoms with Gasteiger partial charge in [0, 0.05) is 68.1 Å². The van der Waals surface area contributed by atoms with E-state index in [-0.39, 0.29) is 48.6 Å². The van der Waals surface area contributed by atoms with Gasteiger partial charge in [0.15, 0.2) is 5.82 Å². The van der Waals surface area contributed by atoms with Crippen LogP contribution in [0.25, 0.3) is 0 Å². The van der Waals surface area contributed by atoms with Crippen LogP contribution in [0.4, 0.5) is 17.3 Å². The molecular formula is C37H57N9O5S. The normalized spacial score (nSPS) is 16.8. The van der Waals surface area contributed by atoms with Gasteiger partial charge in [-0.2, -0.15) is 0 Å². The standard InChI is InChI=1S/C37H57N9O5S/c1-3-27-28(11-9-12-29(27)52-36-35(38)44-30(23-42-36)45-21-17-37(2,39)18-22-45)43-33(50)15-10-14-31(48)40-19-8-6-4-5-7-13-32(49)41-24-34(51)46-20-16-26(47)25-46/h9,11-12,23,26,47H,3-8,10,13-22,24-25,39H2,1-2H3,(H2,38,44)(H,40,48)(H,41,49)(H,43,50)/t26-/m1/s1. The van der Waals surface area contributed by atoms with Crippen LogP contribution in [0, 0.1) is 0 Å². The maximum absolute atomic E-state index is 12.8. The van der Waals surface area contributed by atoms with Crippen molar-refractivity contribution >= 4 is 52.7 Å². The predicted octanol–water partition coefficient (Wildman–Crippen LogP) is 3.37. The SMILES string of the molecule is CCc1c(NC(=O)CCCC(=O)NCCCCCCCC(=O)NCC(=O)N2CC[C@@H](O)C2)cccc1Sc1ncc(N2CCC(C)(N)CC2)nc1N. The molecule has 52 heavy (non-hydrogen) atoms. The van der Waals surface area contributed by atoms with E-state index in [2.05, 4.69) is 37.7 Å². The Hall–Kier alpha value is -3.95. The third-order valence-corrected chi connectivity index (χ3v) is 10.7. The Morgan fingerprint density at radius 2 is 1.65 bits per heavy atom. The summed E-state index contributed by atoms with van der Waals surface area (Å²) in [6, 6.07) is 5.76. The summed E-state index contributed by atoms with van der Waals surface area (Å²) in [6.07, 6.45) is 10.0. The van der Waals surface area contributed by atoms with E-state index in [1.54, 1.807) is 11.1 Å². The summed E-state index contributed by atoms with van der Waals surface area (Å²) in [7, 11) is 0.